The molecule has 6 heteroatoms. The maximum absolute atomic E-state index is 11.7. The van der Waals surface area contributed by atoms with Gasteiger partial charge in [-0.05, 0) is 22.0 Å². The molecule has 1 aliphatic heterocycles. The van der Waals surface area contributed by atoms with Crippen LogP contribution < -0.4 is 10.1 Å². The van der Waals surface area contributed by atoms with Gasteiger partial charge in [0.15, 0.2) is 0 Å². The molecular formula is C10H12BrN3O2. The minimum Gasteiger partial charge on any atom is -0.391 e. The van der Waals surface area contributed by atoms with E-state index < -0.39 is 0 Å². The minimum atomic E-state index is -0.341. The van der Waals surface area contributed by atoms with Gasteiger partial charge in [0, 0.05) is 32.2 Å². The average molecular weight is 286 g/mol. The van der Waals surface area contributed by atoms with Crippen molar-refractivity contribution in [2.45, 2.75) is 0 Å². The lowest BCUT2D eigenvalue weighted by atomic mass is 10.4. The summed E-state index contributed by atoms with van der Waals surface area (Å²) in [4.78, 5) is 17.4. The number of nitrogens with zero attached hydrogens (tertiary/aromatic N) is 2. The number of aromatic nitrogens is 1. The topological polar surface area (TPSA) is 54.5 Å². The Labute approximate surface area is 102 Å². The monoisotopic (exact) mass is 285 g/mol. The van der Waals surface area contributed by atoms with Crippen LogP contribution in [0.1, 0.15) is 0 Å². The van der Waals surface area contributed by atoms with Crippen molar-refractivity contribution >= 4 is 22.0 Å². The highest BCUT2D eigenvalue weighted by molar-refractivity contribution is 9.10. The van der Waals surface area contributed by atoms with Gasteiger partial charge in [0.05, 0.1) is 0 Å². The lowest BCUT2D eigenvalue weighted by Crippen LogP contribution is -2.47. The van der Waals surface area contributed by atoms with Crippen LogP contribution in [0, 0.1) is 0 Å². The van der Waals surface area contributed by atoms with Gasteiger partial charge in [-0.15, -0.1) is 0 Å². The van der Waals surface area contributed by atoms with Crippen molar-refractivity contribution in [2.24, 2.45) is 0 Å². The molecule has 0 bridgehead atoms. The number of carbonyl (C=O) groups excluding carboxylic acids is 1. The maximum atomic E-state index is 11.7. The molecule has 0 radical (unpaired) electrons. The van der Waals surface area contributed by atoms with Crippen LogP contribution in [0.3, 0.4) is 0 Å². The summed E-state index contributed by atoms with van der Waals surface area (Å²) in [6.07, 6.45) is -0.341. The number of hydrogen-bond acceptors (Lipinski definition) is 4. The molecule has 0 saturated carbocycles. The quantitative estimate of drug-likeness (QED) is 0.789. The van der Waals surface area contributed by atoms with Gasteiger partial charge in [-0.3, -0.25) is 0 Å². The Morgan fingerprint density at radius 3 is 2.88 bits per heavy atom. The first-order valence-electron chi connectivity index (χ1n) is 5.06. The molecule has 1 fully saturated rings. The summed E-state index contributed by atoms with van der Waals surface area (Å²) < 4.78 is 5.80. The lowest BCUT2D eigenvalue weighted by molar-refractivity contribution is 0.144. The number of nitrogens with one attached hydrogen (secondary N) is 1. The highest BCUT2D eigenvalue weighted by Gasteiger charge is 2.18. The van der Waals surface area contributed by atoms with E-state index in [1.54, 1.807) is 23.1 Å². The van der Waals surface area contributed by atoms with E-state index in [1.807, 2.05) is 0 Å². The first kappa shape index (κ1) is 11.3. The molecule has 1 aromatic heterocycles. The SMILES string of the molecule is O=C(Oc1cccc(Br)n1)N1CCNCC1. The predicted molar refractivity (Wildman–Crippen MR) is 62.4 cm³/mol. The number of pyridine rings is 1. The molecule has 0 spiro atoms. The normalized spacial score (nSPS) is 15.9. The first-order chi connectivity index (χ1) is 7.75. The highest BCUT2D eigenvalue weighted by Crippen LogP contribution is 2.13. The molecule has 5 nitrogen and oxygen atoms in total. The second-order valence-electron chi connectivity index (χ2n) is 3.40. The van der Waals surface area contributed by atoms with Crippen molar-refractivity contribution in [1.82, 2.24) is 15.2 Å². The number of rotatable bonds is 1. The van der Waals surface area contributed by atoms with Gasteiger partial charge in [-0.1, -0.05) is 6.07 Å². The van der Waals surface area contributed by atoms with Crippen LogP contribution in [0.5, 0.6) is 5.88 Å². The molecule has 2 heterocycles. The molecule has 1 aliphatic rings. The Morgan fingerprint density at radius 2 is 2.19 bits per heavy atom. The standard InChI is InChI=1S/C10H12BrN3O2/c11-8-2-1-3-9(13-8)16-10(15)14-6-4-12-5-7-14/h1-3,12H,4-7H2. The number of hydrogen-bond donors (Lipinski definition) is 1. The molecule has 1 aromatic rings. The summed E-state index contributed by atoms with van der Waals surface area (Å²) in [5.41, 5.74) is 0. The van der Waals surface area contributed by atoms with E-state index in [0.717, 1.165) is 13.1 Å². The second-order valence-corrected chi connectivity index (χ2v) is 4.22. The number of amides is 1. The third kappa shape index (κ3) is 2.93. The average Bonchev–Trinajstić information content (AvgIpc) is 2.30. The molecule has 0 aromatic carbocycles. The van der Waals surface area contributed by atoms with Crippen molar-refractivity contribution < 1.29 is 9.53 Å². The fourth-order valence-corrected chi connectivity index (χ4v) is 1.78. The van der Waals surface area contributed by atoms with Crippen molar-refractivity contribution in [3.05, 3.63) is 22.8 Å². The third-order valence-corrected chi connectivity index (χ3v) is 2.70. The molecule has 0 atom stereocenters. The summed E-state index contributed by atoms with van der Waals surface area (Å²) in [7, 11) is 0. The zero-order chi connectivity index (χ0) is 11.4. The van der Waals surface area contributed by atoms with Crippen LogP contribution in [-0.2, 0) is 0 Å². The van der Waals surface area contributed by atoms with E-state index in [2.05, 4.69) is 26.2 Å². The zero-order valence-electron chi connectivity index (χ0n) is 8.65. The largest absolute Gasteiger partial charge is 0.416 e. The third-order valence-electron chi connectivity index (χ3n) is 2.26. The maximum Gasteiger partial charge on any atom is 0.416 e. The molecule has 1 amide bonds. The van der Waals surface area contributed by atoms with Crippen LogP contribution in [0.15, 0.2) is 22.8 Å². The summed E-state index contributed by atoms with van der Waals surface area (Å²) >= 11 is 3.22. The number of halogens is 1. The Morgan fingerprint density at radius 1 is 1.44 bits per heavy atom. The van der Waals surface area contributed by atoms with Crippen molar-refractivity contribution in [1.29, 1.82) is 0 Å². The van der Waals surface area contributed by atoms with Gasteiger partial charge in [0.25, 0.3) is 0 Å². The van der Waals surface area contributed by atoms with Gasteiger partial charge in [-0.2, -0.15) is 0 Å². The van der Waals surface area contributed by atoms with E-state index >= 15 is 0 Å². The smallest absolute Gasteiger partial charge is 0.391 e. The number of piperazine rings is 1. The van der Waals surface area contributed by atoms with Crippen LogP contribution in [0.4, 0.5) is 4.79 Å². The Kier molecular flexibility index (Phi) is 3.74. The lowest BCUT2D eigenvalue weighted by Gasteiger charge is -2.26. The zero-order valence-corrected chi connectivity index (χ0v) is 10.2. The van der Waals surface area contributed by atoms with Crippen LogP contribution in [0.25, 0.3) is 0 Å². The molecule has 16 heavy (non-hydrogen) atoms. The number of carbonyl (C=O) groups is 1. The summed E-state index contributed by atoms with van der Waals surface area (Å²) in [6.45, 7) is 2.96. The summed E-state index contributed by atoms with van der Waals surface area (Å²) in [6, 6.07) is 5.21. The van der Waals surface area contributed by atoms with Crippen LogP contribution in [0.2, 0.25) is 0 Å². The Balaban J connectivity index is 1.96. The highest BCUT2D eigenvalue weighted by atomic mass is 79.9. The van der Waals surface area contributed by atoms with Crippen LogP contribution >= 0.6 is 15.9 Å². The molecule has 1 N–H and O–H groups in total. The van der Waals surface area contributed by atoms with E-state index in [4.69, 9.17) is 4.74 Å². The fraction of sp³-hybridized carbons (Fsp3) is 0.400. The van der Waals surface area contributed by atoms with Crippen LogP contribution in [-0.4, -0.2) is 42.2 Å². The Bertz CT molecular complexity index is 380. The minimum absolute atomic E-state index is 0.318. The predicted octanol–water partition coefficient (Wildman–Crippen LogP) is 1.25. The van der Waals surface area contributed by atoms with E-state index in [9.17, 15) is 4.79 Å². The van der Waals surface area contributed by atoms with Crippen molar-refractivity contribution in [3.63, 3.8) is 0 Å². The number of ether oxygens (including phenoxy) is 1. The van der Waals surface area contributed by atoms with E-state index in [-0.39, 0.29) is 6.09 Å². The fourth-order valence-electron chi connectivity index (χ4n) is 1.45. The van der Waals surface area contributed by atoms with Gasteiger partial charge in [0.2, 0.25) is 5.88 Å². The second kappa shape index (κ2) is 5.27. The molecule has 1 saturated heterocycles. The molecule has 2 rings (SSSR count). The van der Waals surface area contributed by atoms with Gasteiger partial charge in [-0.25, -0.2) is 9.78 Å². The van der Waals surface area contributed by atoms with Gasteiger partial charge >= 0.3 is 6.09 Å². The first-order valence-corrected chi connectivity index (χ1v) is 5.85. The summed E-state index contributed by atoms with van der Waals surface area (Å²) in [5, 5.41) is 3.17. The van der Waals surface area contributed by atoms with Crippen molar-refractivity contribution in [3.8, 4) is 5.88 Å². The van der Waals surface area contributed by atoms with Gasteiger partial charge < -0.3 is 15.0 Å². The molecule has 86 valence electrons. The van der Waals surface area contributed by atoms with Gasteiger partial charge in [0.1, 0.15) is 4.60 Å². The summed E-state index contributed by atoms with van der Waals surface area (Å²) in [5.74, 6) is 0.318. The molecular weight excluding hydrogens is 274 g/mol. The molecule has 0 unspecified atom stereocenters. The molecule has 0 aliphatic carbocycles. The van der Waals surface area contributed by atoms with Crippen molar-refractivity contribution in [2.75, 3.05) is 26.2 Å². The van der Waals surface area contributed by atoms with E-state index in [0.29, 0.717) is 23.6 Å². The van der Waals surface area contributed by atoms with E-state index in [1.165, 1.54) is 0 Å². The Hall–Kier alpha value is -1.14.